The van der Waals surface area contributed by atoms with Crippen molar-refractivity contribution in [2.24, 2.45) is 0 Å². The highest BCUT2D eigenvalue weighted by atomic mass is 16.2. The zero-order valence-corrected chi connectivity index (χ0v) is 17.2. The van der Waals surface area contributed by atoms with E-state index in [9.17, 15) is 9.59 Å². The summed E-state index contributed by atoms with van der Waals surface area (Å²) in [5.74, 6) is 0.0141. The summed E-state index contributed by atoms with van der Waals surface area (Å²) in [7, 11) is 0. The van der Waals surface area contributed by atoms with Crippen LogP contribution in [0.5, 0.6) is 0 Å². The number of para-hydroxylation sites is 2. The highest BCUT2D eigenvalue weighted by molar-refractivity contribution is 5.99. The first-order valence-corrected chi connectivity index (χ1v) is 10.9. The molecular weight excluding hydrogens is 388 g/mol. The van der Waals surface area contributed by atoms with E-state index < -0.39 is 0 Å². The molecule has 2 aromatic carbocycles. The summed E-state index contributed by atoms with van der Waals surface area (Å²) in [6.07, 6.45) is 4.13. The molecule has 0 aliphatic carbocycles. The number of piperidine rings is 1. The first-order chi connectivity index (χ1) is 15.1. The Bertz CT molecular complexity index is 1190. The van der Waals surface area contributed by atoms with Gasteiger partial charge in [0.2, 0.25) is 5.91 Å². The molecule has 0 radical (unpaired) electrons. The summed E-state index contributed by atoms with van der Waals surface area (Å²) < 4.78 is 2.27. The molecule has 6 heteroatoms. The lowest BCUT2D eigenvalue weighted by molar-refractivity contribution is -0.133. The SMILES string of the molecule is O=C1N[C@@H](CC(=O)N2CCC3(CC2)Nc2ccccc2-n2cccc23)c2ccccc21. The van der Waals surface area contributed by atoms with Crippen LogP contribution in [-0.4, -0.2) is 34.4 Å². The normalized spacial score (nSPS) is 20.5. The first kappa shape index (κ1) is 18.2. The number of amides is 2. The van der Waals surface area contributed by atoms with Crippen molar-refractivity contribution >= 4 is 17.5 Å². The third kappa shape index (κ3) is 2.78. The maximum absolute atomic E-state index is 13.1. The number of aromatic nitrogens is 1. The van der Waals surface area contributed by atoms with Gasteiger partial charge in [-0.15, -0.1) is 0 Å². The molecule has 1 aromatic heterocycles. The molecule has 1 saturated heterocycles. The van der Waals surface area contributed by atoms with Crippen molar-refractivity contribution < 1.29 is 9.59 Å². The van der Waals surface area contributed by atoms with Gasteiger partial charge in [0.05, 0.1) is 29.4 Å². The number of rotatable bonds is 2. The molecule has 6 rings (SSSR count). The number of nitrogens with one attached hydrogen (secondary N) is 2. The second kappa shape index (κ2) is 6.74. The third-order valence-electron chi connectivity index (χ3n) is 7.01. The van der Waals surface area contributed by atoms with Gasteiger partial charge in [0, 0.05) is 30.5 Å². The number of hydrogen-bond donors (Lipinski definition) is 2. The Balaban J connectivity index is 1.19. The molecule has 3 aliphatic heterocycles. The van der Waals surface area contributed by atoms with E-state index in [2.05, 4.69) is 57.8 Å². The van der Waals surface area contributed by atoms with Gasteiger partial charge in [-0.2, -0.15) is 0 Å². The second-order valence-corrected chi connectivity index (χ2v) is 8.69. The van der Waals surface area contributed by atoms with Crippen molar-refractivity contribution in [3.05, 3.63) is 83.7 Å². The minimum Gasteiger partial charge on any atom is -0.372 e. The Morgan fingerprint density at radius 3 is 2.65 bits per heavy atom. The Morgan fingerprint density at radius 1 is 1.00 bits per heavy atom. The van der Waals surface area contributed by atoms with Gasteiger partial charge in [0.25, 0.3) is 5.91 Å². The Kier molecular flexibility index (Phi) is 3.96. The minimum atomic E-state index is -0.232. The van der Waals surface area contributed by atoms with Gasteiger partial charge < -0.3 is 20.1 Å². The van der Waals surface area contributed by atoms with Gasteiger partial charge in [-0.1, -0.05) is 30.3 Å². The topological polar surface area (TPSA) is 66.4 Å². The summed E-state index contributed by atoms with van der Waals surface area (Å²) in [6, 6.07) is 20.0. The smallest absolute Gasteiger partial charge is 0.252 e. The number of anilines is 1. The number of carbonyl (C=O) groups excluding carboxylic acids is 2. The van der Waals surface area contributed by atoms with E-state index in [0.717, 1.165) is 24.1 Å². The molecule has 0 bridgehead atoms. The van der Waals surface area contributed by atoms with Crippen molar-refractivity contribution in [2.45, 2.75) is 30.8 Å². The lowest BCUT2D eigenvalue weighted by Crippen LogP contribution is -2.51. The molecule has 0 saturated carbocycles. The predicted molar refractivity (Wildman–Crippen MR) is 118 cm³/mol. The summed E-state index contributed by atoms with van der Waals surface area (Å²) in [5.41, 5.74) is 5.01. The fraction of sp³-hybridized carbons (Fsp3) is 0.280. The van der Waals surface area contributed by atoms with Crippen molar-refractivity contribution in [1.29, 1.82) is 0 Å². The molecule has 0 unspecified atom stereocenters. The summed E-state index contributed by atoms with van der Waals surface area (Å²) in [5, 5.41) is 6.75. The largest absolute Gasteiger partial charge is 0.372 e. The van der Waals surface area contributed by atoms with Gasteiger partial charge in [0.15, 0.2) is 0 Å². The Morgan fingerprint density at radius 2 is 1.77 bits per heavy atom. The van der Waals surface area contributed by atoms with Crippen LogP contribution >= 0.6 is 0 Å². The zero-order valence-electron chi connectivity index (χ0n) is 17.2. The van der Waals surface area contributed by atoms with Gasteiger partial charge in [-0.25, -0.2) is 0 Å². The lowest BCUT2D eigenvalue weighted by Gasteiger charge is -2.46. The molecule has 1 spiro atoms. The van der Waals surface area contributed by atoms with Crippen molar-refractivity contribution in [3.63, 3.8) is 0 Å². The van der Waals surface area contributed by atoms with Crippen LogP contribution in [-0.2, 0) is 10.3 Å². The number of nitrogens with zero attached hydrogens (tertiary/aromatic N) is 2. The number of hydrogen-bond acceptors (Lipinski definition) is 3. The van der Waals surface area contributed by atoms with Crippen molar-refractivity contribution in [3.8, 4) is 5.69 Å². The lowest BCUT2D eigenvalue weighted by atomic mass is 9.82. The number of carbonyl (C=O) groups is 2. The maximum atomic E-state index is 13.1. The highest BCUT2D eigenvalue weighted by Crippen LogP contribution is 2.43. The summed E-state index contributed by atoms with van der Waals surface area (Å²) in [6.45, 7) is 1.39. The van der Waals surface area contributed by atoms with Crippen LogP contribution in [0.15, 0.2) is 66.9 Å². The van der Waals surface area contributed by atoms with Crippen LogP contribution in [0.3, 0.4) is 0 Å². The van der Waals surface area contributed by atoms with E-state index in [1.165, 1.54) is 11.4 Å². The minimum absolute atomic E-state index is 0.0863. The molecule has 4 heterocycles. The molecular formula is C25H24N4O2. The van der Waals surface area contributed by atoms with Crippen molar-refractivity contribution in [2.75, 3.05) is 18.4 Å². The fourth-order valence-electron chi connectivity index (χ4n) is 5.40. The van der Waals surface area contributed by atoms with Gasteiger partial charge >= 0.3 is 0 Å². The quantitative estimate of drug-likeness (QED) is 0.676. The molecule has 3 aliphatic rings. The zero-order chi connectivity index (χ0) is 21.0. The van der Waals surface area contributed by atoms with Crippen molar-refractivity contribution in [1.82, 2.24) is 14.8 Å². The third-order valence-corrected chi connectivity index (χ3v) is 7.01. The maximum Gasteiger partial charge on any atom is 0.252 e. The van der Waals surface area contributed by atoms with Crippen LogP contribution in [0.1, 0.15) is 46.9 Å². The average molecular weight is 412 g/mol. The van der Waals surface area contributed by atoms with Crippen LogP contribution in [0.4, 0.5) is 5.69 Å². The van der Waals surface area contributed by atoms with E-state index >= 15 is 0 Å². The molecule has 156 valence electrons. The molecule has 1 fully saturated rings. The molecule has 2 amide bonds. The standard InChI is InChI=1S/C25H24N4O2/c30-23(16-20-17-6-1-2-7-18(17)24(31)26-20)28-14-11-25(12-15-28)22-10-5-13-29(22)21-9-4-3-8-19(21)27-25/h1-10,13,20,27H,11-12,14-16H2,(H,26,31)/t20-/m0/s1. The van der Waals surface area contributed by atoms with Gasteiger partial charge in [-0.3, -0.25) is 9.59 Å². The van der Waals surface area contributed by atoms with E-state index in [1.54, 1.807) is 0 Å². The molecule has 31 heavy (non-hydrogen) atoms. The predicted octanol–water partition coefficient (Wildman–Crippen LogP) is 3.60. The number of likely N-dealkylation sites (tertiary alicyclic amines) is 1. The summed E-state index contributed by atoms with van der Waals surface area (Å²) in [4.78, 5) is 27.2. The fourth-order valence-corrected chi connectivity index (χ4v) is 5.40. The molecule has 2 N–H and O–H groups in total. The van der Waals surface area contributed by atoms with Gasteiger partial charge in [0.1, 0.15) is 0 Å². The molecule has 3 aromatic rings. The van der Waals surface area contributed by atoms with Gasteiger partial charge in [-0.05, 0) is 48.7 Å². The highest BCUT2D eigenvalue weighted by Gasteiger charge is 2.42. The van der Waals surface area contributed by atoms with Crippen LogP contribution in [0, 0.1) is 0 Å². The van der Waals surface area contributed by atoms with Crippen LogP contribution in [0.25, 0.3) is 5.69 Å². The average Bonchev–Trinajstić information content (AvgIpc) is 3.41. The number of benzene rings is 2. The molecule has 1 atom stereocenters. The number of fused-ring (bicyclic) bond motifs is 5. The Labute approximate surface area is 180 Å². The monoisotopic (exact) mass is 412 g/mol. The van der Waals surface area contributed by atoms with E-state index in [4.69, 9.17) is 0 Å². The van der Waals surface area contributed by atoms with E-state index in [0.29, 0.717) is 25.1 Å². The first-order valence-electron chi connectivity index (χ1n) is 10.9. The summed E-state index contributed by atoms with van der Waals surface area (Å²) >= 11 is 0. The Hall–Kier alpha value is -3.54. The van der Waals surface area contributed by atoms with Crippen LogP contribution in [0.2, 0.25) is 0 Å². The van der Waals surface area contributed by atoms with E-state index in [1.807, 2.05) is 29.2 Å². The molecule has 6 nitrogen and oxygen atoms in total. The second-order valence-electron chi connectivity index (χ2n) is 8.69. The van der Waals surface area contributed by atoms with E-state index in [-0.39, 0.29) is 23.4 Å². The van der Waals surface area contributed by atoms with Crippen LogP contribution < -0.4 is 10.6 Å².